The Morgan fingerprint density at radius 2 is 1.87 bits per heavy atom. The van der Waals surface area contributed by atoms with Gasteiger partial charge in [0.15, 0.2) is 5.82 Å². The molecule has 5 heteroatoms. The largest absolute Gasteiger partial charge is 0.507 e. The van der Waals surface area contributed by atoms with Crippen molar-refractivity contribution in [3.05, 3.63) is 36.0 Å². The number of methoxy groups -OCH3 is 1. The summed E-state index contributed by atoms with van der Waals surface area (Å²) in [7, 11) is 1.78. The lowest BCUT2D eigenvalue weighted by Crippen LogP contribution is -2.29. The van der Waals surface area contributed by atoms with E-state index in [4.69, 9.17) is 4.74 Å². The summed E-state index contributed by atoms with van der Waals surface area (Å²) < 4.78 is 5.42. The van der Waals surface area contributed by atoms with Crippen LogP contribution in [0.15, 0.2) is 30.3 Å². The molecule has 2 aromatic rings. The topological polar surface area (TPSA) is 67.3 Å². The van der Waals surface area contributed by atoms with Crippen molar-refractivity contribution in [1.82, 2.24) is 9.97 Å². The number of aromatic hydroxyl groups is 1. The number of aryl methyl sites for hydroxylation is 1. The fourth-order valence-electron chi connectivity index (χ4n) is 3.08. The number of hydrogen-bond donors (Lipinski definition) is 2. The summed E-state index contributed by atoms with van der Waals surface area (Å²) >= 11 is 0. The Kier molecular flexibility index (Phi) is 4.76. The van der Waals surface area contributed by atoms with E-state index < -0.39 is 0 Å². The quantitative estimate of drug-likeness (QED) is 0.904. The molecule has 1 aliphatic rings. The second-order valence-corrected chi connectivity index (χ2v) is 6.09. The van der Waals surface area contributed by atoms with Gasteiger partial charge in [-0.1, -0.05) is 12.1 Å². The summed E-state index contributed by atoms with van der Waals surface area (Å²) in [6.45, 7) is 1.94. The van der Waals surface area contributed by atoms with Crippen LogP contribution in [0.1, 0.15) is 31.4 Å². The van der Waals surface area contributed by atoms with Crippen LogP contribution in [0.3, 0.4) is 0 Å². The Morgan fingerprint density at radius 1 is 1.13 bits per heavy atom. The average Bonchev–Trinajstić information content (AvgIpc) is 2.55. The van der Waals surface area contributed by atoms with Crippen LogP contribution < -0.4 is 5.32 Å². The second kappa shape index (κ2) is 6.96. The van der Waals surface area contributed by atoms with Gasteiger partial charge in [-0.25, -0.2) is 9.97 Å². The molecule has 1 aliphatic carbocycles. The lowest BCUT2D eigenvalue weighted by molar-refractivity contribution is 0.0681. The summed E-state index contributed by atoms with van der Waals surface area (Å²) in [6.07, 6.45) is 4.69. The zero-order valence-electron chi connectivity index (χ0n) is 13.6. The van der Waals surface area contributed by atoms with E-state index in [0.717, 1.165) is 37.2 Å². The number of anilines is 1. The molecule has 1 heterocycles. The smallest absolute Gasteiger partial charge is 0.165 e. The fraction of sp³-hybridized carbons (Fsp3) is 0.444. The summed E-state index contributed by atoms with van der Waals surface area (Å²) in [5, 5.41) is 13.5. The van der Waals surface area contributed by atoms with Gasteiger partial charge in [0.25, 0.3) is 0 Å². The maximum Gasteiger partial charge on any atom is 0.165 e. The molecule has 23 heavy (non-hydrogen) atoms. The predicted molar refractivity (Wildman–Crippen MR) is 90.5 cm³/mol. The molecule has 0 unspecified atom stereocenters. The molecule has 0 bridgehead atoms. The summed E-state index contributed by atoms with van der Waals surface area (Å²) in [5.41, 5.74) is 1.54. The minimum atomic E-state index is 0.199. The van der Waals surface area contributed by atoms with E-state index in [-0.39, 0.29) is 5.75 Å². The molecule has 122 valence electrons. The van der Waals surface area contributed by atoms with Crippen molar-refractivity contribution < 1.29 is 9.84 Å². The molecule has 0 atom stereocenters. The zero-order valence-corrected chi connectivity index (χ0v) is 13.6. The van der Waals surface area contributed by atoms with Crippen LogP contribution in [0.4, 0.5) is 5.82 Å². The first kappa shape index (κ1) is 15.7. The van der Waals surface area contributed by atoms with Crippen molar-refractivity contribution in [3.8, 4) is 17.1 Å². The first-order chi connectivity index (χ1) is 11.2. The van der Waals surface area contributed by atoms with Crippen molar-refractivity contribution in [1.29, 1.82) is 0 Å². The van der Waals surface area contributed by atoms with Gasteiger partial charge in [0, 0.05) is 24.9 Å². The second-order valence-electron chi connectivity index (χ2n) is 6.09. The van der Waals surface area contributed by atoms with E-state index in [1.165, 1.54) is 0 Å². The zero-order chi connectivity index (χ0) is 16.2. The number of hydrogen-bond acceptors (Lipinski definition) is 5. The van der Waals surface area contributed by atoms with E-state index in [1.54, 1.807) is 19.2 Å². The molecular weight excluding hydrogens is 290 g/mol. The number of nitrogens with one attached hydrogen (secondary N) is 1. The molecule has 0 saturated heterocycles. The van der Waals surface area contributed by atoms with Crippen LogP contribution in [0.25, 0.3) is 11.4 Å². The molecule has 1 aromatic carbocycles. The van der Waals surface area contributed by atoms with Gasteiger partial charge < -0.3 is 15.2 Å². The highest BCUT2D eigenvalue weighted by Gasteiger charge is 2.21. The summed E-state index contributed by atoms with van der Waals surface area (Å²) in [5.74, 6) is 1.57. The van der Waals surface area contributed by atoms with Crippen molar-refractivity contribution in [2.45, 2.75) is 44.8 Å². The van der Waals surface area contributed by atoms with Crippen LogP contribution >= 0.6 is 0 Å². The SMILES string of the molecule is COC1CCC(Nc2cc(C)nc(-c3ccccc3O)n2)CC1. The van der Waals surface area contributed by atoms with E-state index in [2.05, 4.69) is 15.3 Å². The number of benzene rings is 1. The van der Waals surface area contributed by atoms with Crippen molar-refractivity contribution in [3.63, 3.8) is 0 Å². The third-order valence-corrected chi connectivity index (χ3v) is 4.36. The van der Waals surface area contributed by atoms with Gasteiger partial charge in [0.2, 0.25) is 0 Å². The highest BCUT2D eigenvalue weighted by molar-refractivity contribution is 5.64. The maximum atomic E-state index is 10.0. The average molecular weight is 313 g/mol. The first-order valence-electron chi connectivity index (χ1n) is 8.09. The Labute approximate surface area is 136 Å². The molecule has 3 rings (SSSR count). The Morgan fingerprint density at radius 3 is 2.57 bits per heavy atom. The Bertz CT molecular complexity index is 667. The van der Waals surface area contributed by atoms with Gasteiger partial charge in [-0.2, -0.15) is 0 Å². The summed E-state index contributed by atoms with van der Waals surface area (Å²) in [4.78, 5) is 9.04. The molecule has 2 N–H and O–H groups in total. The van der Waals surface area contributed by atoms with Gasteiger partial charge in [-0.15, -0.1) is 0 Å². The van der Waals surface area contributed by atoms with Gasteiger partial charge in [-0.05, 0) is 44.7 Å². The lowest BCUT2D eigenvalue weighted by atomic mass is 9.93. The van der Waals surface area contributed by atoms with Crippen LogP contribution in [0, 0.1) is 6.92 Å². The minimum absolute atomic E-state index is 0.199. The highest BCUT2D eigenvalue weighted by atomic mass is 16.5. The normalized spacial score (nSPS) is 21.1. The Balaban J connectivity index is 1.78. The maximum absolute atomic E-state index is 10.0. The van der Waals surface area contributed by atoms with E-state index >= 15 is 0 Å². The van der Waals surface area contributed by atoms with Gasteiger partial charge in [0.1, 0.15) is 11.6 Å². The van der Waals surface area contributed by atoms with E-state index in [0.29, 0.717) is 23.5 Å². The molecule has 0 spiro atoms. The number of rotatable bonds is 4. The molecule has 5 nitrogen and oxygen atoms in total. The van der Waals surface area contributed by atoms with Gasteiger partial charge in [0.05, 0.1) is 11.7 Å². The van der Waals surface area contributed by atoms with E-state index in [1.807, 2.05) is 25.1 Å². The Hall–Kier alpha value is -2.14. The van der Waals surface area contributed by atoms with Gasteiger partial charge >= 0.3 is 0 Å². The number of aromatic nitrogens is 2. The molecule has 0 radical (unpaired) electrons. The number of phenolic OH excluding ortho intramolecular Hbond substituents is 1. The van der Waals surface area contributed by atoms with Crippen LogP contribution in [-0.4, -0.2) is 34.3 Å². The number of para-hydroxylation sites is 1. The molecular formula is C18H23N3O2. The minimum Gasteiger partial charge on any atom is -0.507 e. The number of ether oxygens (including phenoxy) is 1. The number of nitrogens with zero attached hydrogens (tertiary/aromatic N) is 2. The van der Waals surface area contributed by atoms with Crippen molar-refractivity contribution in [2.24, 2.45) is 0 Å². The van der Waals surface area contributed by atoms with Crippen LogP contribution in [0.2, 0.25) is 0 Å². The first-order valence-corrected chi connectivity index (χ1v) is 8.09. The van der Waals surface area contributed by atoms with Crippen molar-refractivity contribution >= 4 is 5.82 Å². The van der Waals surface area contributed by atoms with Crippen molar-refractivity contribution in [2.75, 3.05) is 12.4 Å². The predicted octanol–water partition coefficient (Wildman–Crippen LogP) is 3.53. The van der Waals surface area contributed by atoms with E-state index in [9.17, 15) is 5.11 Å². The standard InChI is InChI=1S/C18H23N3O2/c1-12-11-17(20-13-7-9-14(23-2)10-8-13)21-18(19-12)15-5-3-4-6-16(15)22/h3-6,11,13-14,22H,7-10H2,1-2H3,(H,19,20,21). The van der Waals surface area contributed by atoms with Crippen LogP contribution in [0.5, 0.6) is 5.75 Å². The molecule has 1 fully saturated rings. The molecule has 0 aliphatic heterocycles. The lowest BCUT2D eigenvalue weighted by Gasteiger charge is -2.28. The fourth-order valence-corrected chi connectivity index (χ4v) is 3.08. The highest BCUT2D eigenvalue weighted by Crippen LogP contribution is 2.28. The number of phenols is 1. The monoisotopic (exact) mass is 313 g/mol. The molecule has 1 saturated carbocycles. The third kappa shape index (κ3) is 3.79. The molecule has 1 aromatic heterocycles. The van der Waals surface area contributed by atoms with Crippen LogP contribution in [-0.2, 0) is 4.74 Å². The van der Waals surface area contributed by atoms with Gasteiger partial charge in [-0.3, -0.25) is 0 Å². The third-order valence-electron chi connectivity index (χ3n) is 4.36. The summed E-state index contributed by atoms with van der Waals surface area (Å²) in [6, 6.07) is 9.51. The molecule has 0 amide bonds.